The number of carbonyl (C=O) groups excluding carboxylic acids is 1. The molecule has 0 aliphatic rings. The Morgan fingerprint density at radius 3 is 2.31 bits per heavy atom. The first-order chi connectivity index (χ1) is 5.91. The third-order valence-electron chi connectivity index (χ3n) is 1.57. The van der Waals surface area contributed by atoms with Gasteiger partial charge in [0.05, 0.1) is 13.0 Å². The van der Waals surface area contributed by atoms with Crippen molar-refractivity contribution >= 4 is 5.97 Å². The number of methoxy groups -OCH3 is 1. The van der Waals surface area contributed by atoms with Gasteiger partial charge in [0.2, 0.25) is 0 Å². The maximum Gasteiger partial charge on any atom is 0.394 e. The van der Waals surface area contributed by atoms with Crippen molar-refractivity contribution < 1.29 is 27.1 Å². The Balaban J connectivity index is 3.93. The van der Waals surface area contributed by atoms with Gasteiger partial charge in [0, 0.05) is 6.42 Å². The summed E-state index contributed by atoms with van der Waals surface area (Å²) in [6.07, 6.45) is -5.56. The van der Waals surface area contributed by atoms with Gasteiger partial charge in [0.1, 0.15) is 6.67 Å². The number of ether oxygens (including phenoxy) is 1. The van der Waals surface area contributed by atoms with Crippen molar-refractivity contribution in [2.75, 3.05) is 13.8 Å². The van der Waals surface area contributed by atoms with E-state index >= 15 is 0 Å². The first kappa shape index (κ1) is 12.2. The zero-order valence-corrected chi connectivity index (χ0v) is 7.03. The molecule has 0 saturated carbocycles. The maximum atomic E-state index is 11.9. The Morgan fingerprint density at radius 2 is 2.00 bits per heavy atom. The van der Waals surface area contributed by atoms with Crippen LogP contribution in [0.15, 0.2) is 0 Å². The number of alkyl halides is 4. The van der Waals surface area contributed by atoms with E-state index in [2.05, 4.69) is 4.74 Å². The SMILES string of the molecule is COC(=O)CCC(CF)C(F)(F)F. The number of esters is 1. The Labute approximate surface area is 72.9 Å². The highest BCUT2D eigenvalue weighted by atomic mass is 19.4. The van der Waals surface area contributed by atoms with Crippen LogP contribution in [0, 0.1) is 5.92 Å². The van der Waals surface area contributed by atoms with Crippen LogP contribution in [0.4, 0.5) is 17.6 Å². The minimum atomic E-state index is -4.58. The molecule has 1 atom stereocenters. The molecule has 0 saturated heterocycles. The molecule has 0 aromatic heterocycles. The quantitative estimate of drug-likeness (QED) is 0.515. The first-order valence-corrected chi connectivity index (χ1v) is 3.61. The predicted octanol–water partition coefficient (Wildman–Crippen LogP) is 2.09. The lowest BCUT2D eigenvalue weighted by molar-refractivity contribution is -0.181. The first-order valence-electron chi connectivity index (χ1n) is 3.61. The number of hydrogen-bond acceptors (Lipinski definition) is 2. The highest BCUT2D eigenvalue weighted by molar-refractivity contribution is 5.69. The fourth-order valence-corrected chi connectivity index (χ4v) is 0.722. The molecule has 0 N–H and O–H groups in total. The Kier molecular flexibility index (Phi) is 4.72. The molecule has 0 fully saturated rings. The Morgan fingerprint density at radius 1 is 1.46 bits per heavy atom. The van der Waals surface area contributed by atoms with Crippen LogP contribution in [0.2, 0.25) is 0 Å². The van der Waals surface area contributed by atoms with Gasteiger partial charge in [-0.15, -0.1) is 0 Å². The highest BCUT2D eigenvalue weighted by Crippen LogP contribution is 2.30. The van der Waals surface area contributed by atoms with Crippen molar-refractivity contribution in [3.05, 3.63) is 0 Å². The third kappa shape index (κ3) is 4.69. The largest absolute Gasteiger partial charge is 0.469 e. The molecule has 0 aliphatic carbocycles. The highest BCUT2D eigenvalue weighted by Gasteiger charge is 2.39. The van der Waals surface area contributed by atoms with Crippen molar-refractivity contribution in [2.45, 2.75) is 19.0 Å². The van der Waals surface area contributed by atoms with Crippen LogP contribution in [0.5, 0.6) is 0 Å². The molecule has 0 bridgehead atoms. The minimum Gasteiger partial charge on any atom is -0.469 e. The van der Waals surface area contributed by atoms with Crippen molar-refractivity contribution in [3.63, 3.8) is 0 Å². The van der Waals surface area contributed by atoms with E-state index in [1.165, 1.54) is 0 Å². The Hall–Kier alpha value is -0.810. The van der Waals surface area contributed by atoms with Crippen LogP contribution in [-0.4, -0.2) is 25.9 Å². The molecule has 0 radical (unpaired) electrons. The molecular formula is C7H10F4O2. The van der Waals surface area contributed by atoms with E-state index in [0.717, 1.165) is 7.11 Å². The average molecular weight is 202 g/mol. The van der Waals surface area contributed by atoms with Crippen molar-refractivity contribution in [1.29, 1.82) is 0 Å². The summed E-state index contributed by atoms with van der Waals surface area (Å²) in [7, 11) is 1.07. The lowest BCUT2D eigenvalue weighted by atomic mass is 10.0. The van der Waals surface area contributed by atoms with Crippen LogP contribution in [-0.2, 0) is 9.53 Å². The monoisotopic (exact) mass is 202 g/mol. The van der Waals surface area contributed by atoms with Crippen LogP contribution in [0.1, 0.15) is 12.8 Å². The van der Waals surface area contributed by atoms with E-state index in [1.807, 2.05) is 0 Å². The molecule has 6 heteroatoms. The van der Waals surface area contributed by atoms with Gasteiger partial charge in [-0.05, 0) is 6.42 Å². The van der Waals surface area contributed by atoms with E-state index in [4.69, 9.17) is 0 Å². The van der Waals surface area contributed by atoms with E-state index in [0.29, 0.717) is 0 Å². The third-order valence-corrected chi connectivity index (χ3v) is 1.57. The fourth-order valence-electron chi connectivity index (χ4n) is 0.722. The summed E-state index contributed by atoms with van der Waals surface area (Å²) in [6, 6.07) is 0. The number of rotatable bonds is 4. The number of hydrogen-bond donors (Lipinski definition) is 0. The summed E-state index contributed by atoms with van der Waals surface area (Å²) in [6.45, 7) is -1.50. The van der Waals surface area contributed by atoms with E-state index in [9.17, 15) is 22.4 Å². The summed E-state index contributed by atoms with van der Waals surface area (Å²) < 4.78 is 51.6. The average Bonchev–Trinajstić information content (AvgIpc) is 2.02. The molecule has 0 spiro atoms. The number of halogens is 4. The summed E-state index contributed by atoms with van der Waals surface area (Å²) in [5, 5.41) is 0. The molecule has 0 aromatic rings. The normalized spacial score (nSPS) is 13.9. The zero-order chi connectivity index (χ0) is 10.5. The van der Waals surface area contributed by atoms with Gasteiger partial charge in [-0.1, -0.05) is 0 Å². The molecule has 78 valence electrons. The van der Waals surface area contributed by atoms with Crippen molar-refractivity contribution in [2.24, 2.45) is 5.92 Å². The van der Waals surface area contributed by atoms with E-state index < -0.39 is 37.6 Å². The van der Waals surface area contributed by atoms with Crippen LogP contribution in [0.25, 0.3) is 0 Å². The van der Waals surface area contributed by atoms with Gasteiger partial charge in [-0.3, -0.25) is 9.18 Å². The van der Waals surface area contributed by atoms with Crippen molar-refractivity contribution in [3.8, 4) is 0 Å². The predicted molar refractivity (Wildman–Crippen MR) is 36.8 cm³/mol. The van der Waals surface area contributed by atoms with E-state index in [-0.39, 0.29) is 0 Å². The Bertz CT molecular complexity index is 166. The molecular weight excluding hydrogens is 192 g/mol. The molecule has 13 heavy (non-hydrogen) atoms. The molecule has 0 heterocycles. The standard InChI is InChI=1S/C7H10F4O2/c1-13-6(12)3-2-5(4-8)7(9,10)11/h5H,2-4H2,1H3. The second-order valence-electron chi connectivity index (χ2n) is 2.51. The molecule has 0 rings (SSSR count). The second-order valence-corrected chi connectivity index (χ2v) is 2.51. The minimum absolute atomic E-state index is 0.412. The van der Waals surface area contributed by atoms with Gasteiger partial charge in [0.15, 0.2) is 0 Å². The summed E-state index contributed by atoms with van der Waals surface area (Å²) in [5.74, 6) is -2.82. The van der Waals surface area contributed by atoms with Gasteiger partial charge < -0.3 is 4.74 Å². The van der Waals surface area contributed by atoms with Crippen LogP contribution < -0.4 is 0 Å². The number of carbonyl (C=O) groups is 1. The molecule has 0 aliphatic heterocycles. The van der Waals surface area contributed by atoms with Gasteiger partial charge in [0.25, 0.3) is 0 Å². The summed E-state index contributed by atoms with van der Waals surface area (Å²) >= 11 is 0. The van der Waals surface area contributed by atoms with Crippen molar-refractivity contribution in [1.82, 2.24) is 0 Å². The topological polar surface area (TPSA) is 26.3 Å². The molecule has 2 nitrogen and oxygen atoms in total. The summed E-state index contributed by atoms with van der Waals surface area (Å²) in [5.41, 5.74) is 0. The maximum absolute atomic E-state index is 11.9. The zero-order valence-electron chi connectivity index (χ0n) is 7.03. The lowest BCUT2D eigenvalue weighted by Crippen LogP contribution is -2.25. The van der Waals surface area contributed by atoms with Gasteiger partial charge in [-0.2, -0.15) is 13.2 Å². The molecule has 0 aromatic carbocycles. The second kappa shape index (κ2) is 5.04. The van der Waals surface area contributed by atoms with Gasteiger partial charge in [-0.25, -0.2) is 0 Å². The molecule has 0 amide bonds. The molecule has 1 unspecified atom stereocenters. The van der Waals surface area contributed by atoms with E-state index in [1.54, 1.807) is 0 Å². The van der Waals surface area contributed by atoms with Crippen LogP contribution in [0.3, 0.4) is 0 Å². The summed E-state index contributed by atoms with van der Waals surface area (Å²) in [4.78, 5) is 10.4. The fraction of sp³-hybridized carbons (Fsp3) is 0.857. The van der Waals surface area contributed by atoms with Gasteiger partial charge >= 0.3 is 12.1 Å². The van der Waals surface area contributed by atoms with Crippen LogP contribution >= 0.6 is 0 Å². The smallest absolute Gasteiger partial charge is 0.394 e. The lowest BCUT2D eigenvalue weighted by Gasteiger charge is -2.15.